The molecule has 1 aromatic carbocycles. The van der Waals surface area contributed by atoms with Gasteiger partial charge in [0.15, 0.2) is 0 Å². The molecule has 0 saturated heterocycles. The molecule has 1 aromatic rings. The van der Waals surface area contributed by atoms with E-state index in [1.807, 2.05) is 12.1 Å². The van der Waals surface area contributed by atoms with Gasteiger partial charge in [-0.25, -0.2) is 0 Å². The van der Waals surface area contributed by atoms with Crippen molar-refractivity contribution in [3.05, 3.63) is 42.0 Å². The van der Waals surface area contributed by atoms with Crippen LogP contribution in [0.2, 0.25) is 16.6 Å². The highest BCUT2D eigenvalue weighted by Crippen LogP contribution is 2.44. The Balaban J connectivity index is 3.56. The summed E-state index contributed by atoms with van der Waals surface area (Å²) in [4.78, 5) is 0. The number of aliphatic hydroxyl groups is 1. The summed E-state index contributed by atoms with van der Waals surface area (Å²) in [5.41, 5.74) is 2.53. The molecule has 0 heterocycles. The van der Waals surface area contributed by atoms with Gasteiger partial charge in [0.05, 0.1) is 0 Å². The summed E-state index contributed by atoms with van der Waals surface area (Å²) in [6.07, 6.45) is 1.58. The van der Waals surface area contributed by atoms with Gasteiger partial charge >= 0.3 is 0 Å². The van der Waals surface area contributed by atoms with Crippen LogP contribution < -0.4 is 4.43 Å². The van der Waals surface area contributed by atoms with E-state index in [2.05, 4.69) is 68.0 Å². The van der Waals surface area contributed by atoms with Gasteiger partial charge in [-0.05, 0) is 46.7 Å². The van der Waals surface area contributed by atoms with Gasteiger partial charge in [-0.2, -0.15) is 0 Å². The summed E-state index contributed by atoms with van der Waals surface area (Å²) in [5, 5.41) is 10.6. The van der Waals surface area contributed by atoms with Crippen LogP contribution in [0.15, 0.2) is 30.9 Å². The molecule has 0 saturated carbocycles. The largest absolute Gasteiger partial charge is 0.542 e. The number of rotatable bonds is 8. The molecule has 0 bridgehead atoms. The van der Waals surface area contributed by atoms with Gasteiger partial charge in [-0.3, -0.25) is 0 Å². The summed E-state index contributed by atoms with van der Waals surface area (Å²) in [7, 11) is -2.05. The van der Waals surface area contributed by atoms with E-state index in [1.54, 1.807) is 13.0 Å². The first-order valence-electron chi connectivity index (χ1n) is 9.59. The zero-order chi connectivity index (χ0) is 19.6. The van der Waals surface area contributed by atoms with Crippen LogP contribution in [0.25, 0.3) is 0 Å². The van der Waals surface area contributed by atoms with Gasteiger partial charge in [0.1, 0.15) is 11.4 Å². The molecule has 1 unspecified atom stereocenters. The molecular weight excluding hydrogens is 324 g/mol. The van der Waals surface area contributed by atoms with E-state index in [0.717, 1.165) is 11.3 Å². The van der Waals surface area contributed by atoms with Crippen LogP contribution in [-0.2, 0) is 5.60 Å². The zero-order valence-electron chi connectivity index (χ0n) is 17.7. The molecule has 25 heavy (non-hydrogen) atoms. The Morgan fingerprint density at radius 2 is 1.48 bits per heavy atom. The molecule has 3 heteroatoms. The van der Waals surface area contributed by atoms with Gasteiger partial charge in [-0.15, -0.1) is 0 Å². The molecule has 1 atom stereocenters. The molecule has 0 aromatic heterocycles. The fourth-order valence-electron chi connectivity index (χ4n) is 4.08. The highest BCUT2D eigenvalue weighted by molar-refractivity contribution is 6.78. The first kappa shape index (κ1) is 22.0. The van der Waals surface area contributed by atoms with Crippen LogP contribution in [0.4, 0.5) is 0 Å². The minimum atomic E-state index is -2.05. The van der Waals surface area contributed by atoms with Crippen molar-refractivity contribution in [2.24, 2.45) is 0 Å². The Morgan fingerprint density at radius 1 is 1.00 bits per heavy atom. The lowest BCUT2D eigenvalue weighted by molar-refractivity contribution is 0.111. The molecule has 0 spiro atoms. The second-order valence-electron chi connectivity index (χ2n) is 8.68. The lowest BCUT2D eigenvalue weighted by Crippen LogP contribution is -2.51. The first-order chi connectivity index (χ1) is 11.4. The quantitative estimate of drug-likeness (QED) is 0.409. The molecule has 0 aliphatic rings. The van der Waals surface area contributed by atoms with Gasteiger partial charge < -0.3 is 9.53 Å². The van der Waals surface area contributed by atoms with Crippen LogP contribution in [0, 0.1) is 0 Å². The normalized spacial score (nSPS) is 15.1. The molecule has 2 nitrogen and oxygen atoms in total. The van der Waals surface area contributed by atoms with Crippen molar-refractivity contribution in [3.8, 4) is 5.75 Å². The van der Waals surface area contributed by atoms with E-state index in [9.17, 15) is 5.11 Å². The van der Waals surface area contributed by atoms with Crippen LogP contribution >= 0.6 is 0 Å². The van der Waals surface area contributed by atoms with E-state index in [0.29, 0.717) is 22.5 Å². The third-order valence-electron chi connectivity index (χ3n) is 5.61. The lowest BCUT2D eigenvalue weighted by atomic mass is 9.92. The van der Waals surface area contributed by atoms with E-state index < -0.39 is 13.9 Å². The minimum absolute atomic E-state index is 0.371. The predicted molar refractivity (Wildman–Crippen MR) is 112 cm³/mol. The van der Waals surface area contributed by atoms with Crippen molar-refractivity contribution in [1.82, 2.24) is 0 Å². The Kier molecular flexibility index (Phi) is 7.11. The molecule has 0 fully saturated rings. The summed E-state index contributed by atoms with van der Waals surface area (Å²) < 4.78 is 6.95. The maximum Gasteiger partial charge on any atom is 0.258 e. The smallest absolute Gasteiger partial charge is 0.258 e. The van der Waals surface area contributed by atoms with Crippen LogP contribution in [0.3, 0.4) is 0 Å². The summed E-state index contributed by atoms with van der Waals surface area (Å²) in [5.74, 6) is 1.31. The molecule has 0 amide bonds. The molecule has 142 valence electrons. The first-order valence-corrected chi connectivity index (χ1v) is 11.7. The molecule has 0 aliphatic carbocycles. The second kappa shape index (κ2) is 8.09. The third kappa shape index (κ3) is 4.38. The van der Waals surface area contributed by atoms with E-state index in [1.165, 1.54) is 5.56 Å². The van der Waals surface area contributed by atoms with Crippen molar-refractivity contribution >= 4 is 8.32 Å². The summed E-state index contributed by atoms with van der Waals surface area (Å²) >= 11 is 0. The van der Waals surface area contributed by atoms with Gasteiger partial charge in [0.25, 0.3) is 8.32 Å². The monoisotopic (exact) mass is 362 g/mol. The fraction of sp³-hybridized carbons (Fsp3) is 0.636. The third-order valence-corrected chi connectivity index (χ3v) is 11.6. The van der Waals surface area contributed by atoms with Crippen molar-refractivity contribution in [2.45, 2.75) is 90.5 Å². The molecule has 1 rings (SSSR count). The molecule has 0 aliphatic heterocycles. The van der Waals surface area contributed by atoms with Crippen molar-refractivity contribution < 1.29 is 9.53 Å². The standard InChI is InChI=1S/C22H38O2Si/c1-11-22(10,23)19-12-13-20(15(2)3)21(14-19)24-25(16(4)5,17(6)7)18(8)9/h11-18,23H,1H2,2-10H3. The lowest BCUT2D eigenvalue weighted by Gasteiger charge is -2.43. The summed E-state index contributed by atoms with van der Waals surface area (Å²) in [6.45, 7) is 23.7. The van der Waals surface area contributed by atoms with Gasteiger partial charge in [0, 0.05) is 0 Å². The number of hydrogen-bond donors (Lipinski definition) is 1. The van der Waals surface area contributed by atoms with Gasteiger partial charge in [0.2, 0.25) is 0 Å². The number of hydrogen-bond acceptors (Lipinski definition) is 2. The highest BCUT2D eigenvalue weighted by Gasteiger charge is 2.47. The van der Waals surface area contributed by atoms with E-state index >= 15 is 0 Å². The Labute approximate surface area is 156 Å². The van der Waals surface area contributed by atoms with E-state index in [-0.39, 0.29) is 0 Å². The molecule has 0 radical (unpaired) electrons. The second-order valence-corrected chi connectivity index (χ2v) is 14.1. The van der Waals surface area contributed by atoms with Crippen molar-refractivity contribution in [3.63, 3.8) is 0 Å². The zero-order valence-corrected chi connectivity index (χ0v) is 18.7. The van der Waals surface area contributed by atoms with Crippen LogP contribution in [0.1, 0.15) is 79.4 Å². The molecular formula is C22H38O2Si. The van der Waals surface area contributed by atoms with Gasteiger partial charge in [-0.1, -0.05) is 80.2 Å². The average molecular weight is 363 g/mol. The highest BCUT2D eigenvalue weighted by atomic mass is 28.4. The average Bonchev–Trinajstić information content (AvgIpc) is 2.50. The number of benzene rings is 1. The van der Waals surface area contributed by atoms with Crippen molar-refractivity contribution in [2.75, 3.05) is 0 Å². The van der Waals surface area contributed by atoms with Crippen LogP contribution in [-0.4, -0.2) is 13.4 Å². The maximum atomic E-state index is 10.6. The Morgan fingerprint density at radius 3 is 1.84 bits per heavy atom. The Hall–Kier alpha value is -1.06. The molecule has 1 N–H and O–H groups in total. The van der Waals surface area contributed by atoms with Crippen molar-refractivity contribution in [1.29, 1.82) is 0 Å². The fourth-order valence-corrected chi connectivity index (χ4v) is 9.34. The Bertz CT molecular complexity index is 564. The maximum absolute atomic E-state index is 10.6. The SMILES string of the molecule is C=CC(C)(O)c1ccc(C(C)C)c(O[Si](C(C)C)(C(C)C)C(C)C)c1. The summed E-state index contributed by atoms with van der Waals surface area (Å²) in [6, 6.07) is 6.13. The van der Waals surface area contributed by atoms with E-state index in [4.69, 9.17) is 4.43 Å². The van der Waals surface area contributed by atoms with Crippen LogP contribution in [0.5, 0.6) is 5.75 Å². The topological polar surface area (TPSA) is 29.5 Å². The predicted octanol–water partition coefficient (Wildman–Crippen LogP) is 6.76. The minimum Gasteiger partial charge on any atom is -0.542 e.